The summed E-state index contributed by atoms with van der Waals surface area (Å²) in [6, 6.07) is 4.02. The maximum absolute atomic E-state index is 12.3. The van der Waals surface area contributed by atoms with Crippen molar-refractivity contribution in [2.75, 3.05) is 0 Å². The van der Waals surface area contributed by atoms with Gasteiger partial charge in [0.2, 0.25) is 5.76 Å². The van der Waals surface area contributed by atoms with Crippen molar-refractivity contribution in [2.45, 2.75) is 26.4 Å². The van der Waals surface area contributed by atoms with Crippen LogP contribution in [0.1, 0.15) is 31.1 Å². The fourth-order valence-electron chi connectivity index (χ4n) is 2.14. The summed E-state index contributed by atoms with van der Waals surface area (Å²) < 4.78 is 6.35. The molecule has 1 heterocycles. The van der Waals surface area contributed by atoms with Gasteiger partial charge in [0.05, 0.1) is 5.52 Å². The number of phenolic OH excluding ortho intramolecular Hbond substituents is 1. The van der Waals surface area contributed by atoms with Gasteiger partial charge in [-0.25, -0.2) is 9.59 Å². The third kappa shape index (κ3) is 3.97. The van der Waals surface area contributed by atoms with Crippen LogP contribution in [0.2, 0.25) is 0 Å². The first kappa shape index (κ1) is 18.1. The molecular formula is C17H17NO7. The average molecular weight is 347 g/mol. The number of ether oxygens (including phenoxy) is 1. The summed E-state index contributed by atoms with van der Waals surface area (Å²) in [4.78, 5) is 35.3. The van der Waals surface area contributed by atoms with Crippen molar-refractivity contribution < 1.29 is 34.4 Å². The number of hydrogen-bond acceptors (Lipinski definition) is 6. The predicted molar refractivity (Wildman–Crippen MR) is 87.9 cm³/mol. The van der Waals surface area contributed by atoms with Gasteiger partial charge in [-0.3, -0.25) is 9.36 Å². The van der Waals surface area contributed by atoms with E-state index in [0.717, 1.165) is 4.57 Å². The summed E-state index contributed by atoms with van der Waals surface area (Å²) in [5.74, 6) is -3.77. The quantitative estimate of drug-likeness (QED) is 0.443. The normalized spacial score (nSPS) is 12.2. The number of aliphatic hydroxyl groups is 1. The molecule has 0 unspecified atom stereocenters. The molecule has 0 aliphatic rings. The molecule has 0 amide bonds. The average Bonchev–Trinajstić information content (AvgIpc) is 2.83. The van der Waals surface area contributed by atoms with Crippen LogP contribution in [0.25, 0.3) is 10.9 Å². The van der Waals surface area contributed by atoms with Crippen LogP contribution in [-0.2, 0) is 9.53 Å². The molecule has 0 radical (unpaired) electrons. The molecule has 1 aromatic carbocycles. The van der Waals surface area contributed by atoms with Gasteiger partial charge in [0.25, 0.3) is 0 Å². The molecule has 8 nitrogen and oxygen atoms in total. The second-order valence-corrected chi connectivity index (χ2v) is 6.29. The second-order valence-electron chi connectivity index (χ2n) is 6.29. The standard InChI is InChI=1S/C17H17NO7/c1-17(2,3)25-16(24)18-8-11(13(20)7-14(21)15(22)23)10-6-9(19)4-5-12(10)18/h4-8,19,21H,1-3H3,(H,22,23)/b14-7-. The van der Waals surface area contributed by atoms with E-state index in [-0.39, 0.29) is 16.7 Å². The third-order valence-corrected chi connectivity index (χ3v) is 3.13. The lowest BCUT2D eigenvalue weighted by atomic mass is 10.1. The molecule has 2 rings (SSSR count). The molecule has 2 aromatic rings. The lowest BCUT2D eigenvalue weighted by molar-refractivity contribution is -0.135. The highest BCUT2D eigenvalue weighted by molar-refractivity contribution is 6.16. The minimum Gasteiger partial charge on any atom is -0.508 e. The highest BCUT2D eigenvalue weighted by Crippen LogP contribution is 2.27. The minimum absolute atomic E-state index is 0.0652. The van der Waals surface area contributed by atoms with Gasteiger partial charge in [0.1, 0.15) is 11.4 Å². The maximum atomic E-state index is 12.3. The Balaban J connectivity index is 2.60. The molecule has 3 N–H and O–H groups in total. The zero-order chi connectivity index (χ0) is 18.9. The Bertz CT molecular complexity index is 900. The van der Waals surface area contributed by atoms with Gasteiger partial charge < -0.3 is 20.1 Å². The van der Waals surface area contributed by atoms with E-state index in [0.29, 0.717) is 11.6 Å². The number of aromatic hydroxyl groups is 1. The number of rotatable bonds is 3. The van der Waals surface area contributed by atoms with Crippen LogP contribution in [-0.4, -0.2) is 43.3 Å². The lowest BCUT2D eigenvalue weighted by Crippen LogP contribution is -2.26. The molecule has 0 aliphatic carbocycles. The molecule has 0 saturated carbocycles. The van der Waals surface area contributed by atoms with Crippen molar-refractivity contribution in [3.05, 3.63) is 41.8 Å². The highest BCUT2D eigenvalue weighted by Gasteiger charge is 2.23. The number of benzene rings is 1. The number of aliphatic hydroxyl groups excluding tert-OH is 1. The van der Waals surface area contributed by atoms with Gasteiger partial charge >= 0.3 is 12.1 Å². The Morgan fingerprint density at radius 3 is 2.36 bits per heavy atom. The molecule has 0 atom stereocenters. The van der Waals surface area contributed by atoms with Gasteiger partial charge in [0, 0.05) is 23.2 Å². The highest BCUT2D eigenvalue weighted by atomic mass is 16.6. The number of ketones is 1. The van der Waals surface area contributed by atoms with Gasteiger partial charge in [-0.05, 0) is 39.0 Å². The smallest absolute Gasteiger partial charge is 0.419 e. The second kappa shape index (κ2) is 6.31. The number of allylic oxidation sites excluding steroid dienone is 1. The number of aromatic nitrogens is 1. The Hall–Kier alpha value is -3.29. The molecular weight excluding hydrogens is 330 g/mol. The number of nitrogens with zero attached hydrogens (tertiary/aromatic N) is 1. The van der Waals surface area contributed by atoms with Crippen LogP contribution in [0.4, 0.5) is 4.79 Å². The Labute approximate surface area is 142 Å². The van der Waals surface area contributed by atoms with Crippen molar-refractivity contribution in [3.63, 3.8) is 0 Å². The topological polar surface area (TPSA) is 126 Å². The monoisotopic (exact) mass is 347 g/mol. The van der Waals surface area contributed by atoms with Crippen molar-refractivity contribution in [2.24, 2.45) is 0 Å². The fourth-order valence-corrected chi connectivity index (χ4v) is 2.14. The Morgan fingerprint density at radius 1 is 1.16 bits per heavy atom. The largest absolute Gasteiger partial charge is 0.508 e. The number of hydrogen-bond donors (Lipinski definition) is 3. The van der Waals surface area contributed by atoms with Crippen LogP contribution < -0.4 is 0 Å². The summed E-state index contributed by atoms with van der Waals surface area (Å²) in [6.07, 6.45) is 0.959. The molecule has 25 heavy (non-hydrogen) atoms. The summed E-state index contributed by atoms with van der Waals surface area (Å²) in [7, 11) is 0. The summed E-state index contributed by atoms with van der Waals surface area (Å²) in [5.41, 5.74) is -0.542. The van der Waals surface area contributed by atoms with Crippen LogP contribution in [0.3, 0.4) is 0 Å². The van der Waals surface area contributed by atoms with Crippen LogP contribution >= 0.6 is 0 Å². The molecule has 0 fully saturated rings. The molecule has 0 saturated heterocycles. The number of carbonyl (C=O) groups excluding carboxylic acids is 2. The van der Waals surface area contributed by atoms with E-state index in [4.69, 9.17) is 9.84 Å². The Morgan fingerprint density at radius 2 is 1.80 bits per heavy atom. The number of carboxylic acid groups (broad SMARTS) is 1. The van der Waals surface area contributed by atoms with Gasteiger partial charge in [-0.1, -0.05) is 0 Å². The minimum atomic E-state index is -1.66. The number of carboxylic acids is 1. The Kier molecular flexibility index (Phi) is 4.56. The SMILES string of the molecule is CC(C)(C)OC(=O)n1cc(C(=O)/C=C(\O)C(=O)O)c2cc(O)ccc21. The first-order valence-electron chi connectivity index (χ1n) is 7.25. The summed E-state index contributed by atoms with van der Waals surface area (Å²) >= 11 is 0. The molecule has 132 valence electrons. The van der Waals surface area contributed by atoms with Gasteiger partial charge in [-0.15, -0.1) is 0 Å². The molecule has 1 aromatic heterocycles. The van der Waals surface area contributed by atoms with E-state index in [2.05, 4.69) is 0 Å². The van der Waals surface area contributed by atoms with Crippen molar-refractivity contribution in [1.82, 2.24) is 4.57 Å². The zero-order valence-corrected chi connectivity index (χ0v) is 13.8. The molecule has 0 bridgehead atoms. The van der Waals surface area contributed by atoms with Crippen LogP contribution in [0, 0.1) is 0 Å². The van der Waals surface area contributed by atoms with E-state index < -0.39 is 29.2 Å². The molecule has 0 spiro atoms. The van der Waals surface area contributed by atoms with Gasteiger partial charge in [-0.2, -0.15) is 0 Å². The predicted octanol–water partition coefficient (Wildman–Crippen LogP) is 2.84. The third-order valence-electron chi connectivity index (χ3n) is 3.13. The van der Waals surface area contributed by atoms with Crippen LogP contribution in [0.5, 0.6) is 5.75 Å². The van der Waals surface area contributed by atoms with E-state index in [1.165, 1.54) is 24.4 Å². The van der Waals surface area contributed by atoms with Crippen molar-refractivity contribution >= 4 is 28.7 Å². The first-order valence-corrected chi connectivity index (χ1v) is 7.25. The first-order chi connectivity index (χ1) is 11.5. The number of aliphatic carboxylic acids is 1. The number of fused-ring (bicyclic) bond motifs is 1. The molecule has 0 aliphatic heterocycles. The van der Waals surface area contributed by atoms with E-state index in [1.807, 2.05) is 0 Å². The van der Waals surface area contributed by atoms with Gasteiger partial charge in [0.15, 0.2) is 5.78 Å². The van der Waals surface area contributed by atoms with Crippen molar-refractivity contribution in [1.29, 1.82) is 0 Å². The summed E-state index contributed by atoms with van der Waals surface area (Å²) in [5, 5.41) is 27.8. The zero-order valence-electron chi connectivity index (χ0n) is 13.8. The van der Waals surface area contributed by atoms with E-state index in [1.54, 1.807) is 20.8 Å². The lowest BCUT2D eigenvalue weighted by Gasteiger charge is -2.19. The van der Waals surface area contributed by atoms with Crippen molar-refractivity contribution in [3.8, 4) is 5.75 Å². The fraction of sp³-hybridized carbons (Fsp3) is 0.235. The number of carbonyl (C=O) groups is 3. The maximum Gasteiger partial charge on any atom is 0.419 e. The summed E-state index contributed by atoms with van der Waals surface area (Å²) in [6.45, 7) is 5.05. The van der Waals surface area contributed by atoms with E-state index in [9.17, 15) is 24.6 Å². The molecule has 8 heteroatoms. The number of phenols is 1. The van der Waals surface area contributed by atoms with Crippen LogP contribution in [0.15, 0.2) is 36.2 Å². The van der Waals surface area contributed by atoms with E-state index >= 15 is 0 Å².